The number of rotatable bonds is 6. The van der Waals surface area contributed by atoms with E-state index in [1.54, 1.807) is 25.1 Å². The minimum absolute atomic E-state index is 0.0859. The van der Waals surface area contributed by atoms with E-state index in [2.05, 4.69) is 10.3 Å². The summed E-state index contributed by atoms with van der Waals surface area (Å²) in [6.45, 7) is 0.0859. The van der Waals surface area contributed by atoms with E-state index in [4.69, 9.17) is 4.42 Å². The molecule has 174 valence electrons. The highest BCUT2D eigenvalue weighted by atomic mass is 19.4. The average molecular weight is 468 g/mol. The van der Waals surface area contributed by atoms with E-state index >= 15 is 0 Å². The molecule has 0 aliphatic rings. The number of nitrogens with one attached hydrogen (secondary N) is 1. The van der Waals surface area contributed by atoms with Crippen LogP contribution >= 0.6 is 0 Å². The monoisotopic (exact) mass is 468 g/mol. The molecule has 0 aliphatic heterocycles. The highest BCUT2D eigenvalue weighted by Gasteiger charge is 2.35. The number of nitriles is 1. The molecule has 3 rings (SSSR count). The van der Waals surface area contributed by atoms with Crippen LogP contribution in [-0.2, 0) is 12.4 Å². The second-order valence-electron chi connectivity index (χ2n) is 7.33. The molecule has 0 radical (unpaired) electrons. The molecule has 0 aliphatic carbocycles. The van der Waals surface area contributed by atoms with Crippen LogP contribution in [0.4, 0.5) is 32.2 Å². The predicted octanol–water partition coefficient (Wildman–Crippen LogP) is 5.97. The van der Waals surface area contributed by atoms with Gasteiger partial charge in [-0.1, -0.05) is 24.3 Å². The molecular weight excluding hydrogens is 450 g/mol. The first-order chi connectivity index (χ1) is 15.4. The minimum Gasteiger partial charge on any atom is -0.419 e. The van der Waals surface area contributed by atoms with E-state index in [1.807, 2.05) is 0 Å². The molecule has 2 aromatic carbocycles. The highest BCUT2D eigenvalue weighted by Crippen LogP contribution is 2.38. The van der Waals surface area contributed by atoms with Crippen molar-refractivity contribution in [2.45, 2.75) is 18.4 Å². The number of hydrogen-bond donors (Lipinski definition) is 1. The lowest BCUT2D eigenvalue weighted by Crippen LogP contribution is -2.27. The number of nitrogens with zero attached hydrogens (tertiary/aromatic N) is 3. The molecule has 0 bridgehead atoms. The number of benzene rings is 2. The summed E-state index contributed by atoms with van der Waals surface area (Å²) in [5.74, 6) is -0.513. The van der Waals surface area contributed by atoms with Crippen LogP contribution in [0, 0.1) is 11.3 Å². The molecular formula is C22H18F6N4O. The quantitative estimate of drug-likeness (QED) is 0.452. The fourth-order valence-electron chi connectivity index (χ4n) is 3.23. The second kappa shape index (κ2) is 9.15. The maximum Gasteiger partial charge on any atom is 0.417 e. The van der Waals surface area contributed by atoms with Crippen molar-refractivity contribution in [1.29, 1.82) is 5.26 Å². The van der Waals surface area contributed by atoms with Crippen molar-refractivity contribution in [2.75, 3.05) is 26.0 Å². The Balaban J connectivity index is 1.87. The van der Waals surface area contributed by atoms with Gasteiger partial charge in [0.1, 0.15) is 6.07 Å². The fraction of sp³-hybridized carbons (Fsp3) is 0.273. The van der Waals surface area contributed by atoms with Gasteiger partial charge in [-0.15, -0.1) is 0 Å². The van der Waals surface area contributed by atoms with Crippen molar-refractivity contribution in [1.82, 2.24) is 9.88 Å². The van der Waals surface area contributed by atoms with E-state index in [9.17, 15) is 31.6 Å². The Morgan fingerprint density at radius 3 is 2.18 bits per heavy atom. The SMILES string of the molecule is CN(C)[C@H](CNc1oc(-c2ccccc2C(F)(F)F)nc1C#N)c1ccc(C(F)(F)F)cc1. The number of halogens is 6. The van der Waals surface area contributed by atoms with Gasteiger partial charge in [-0.3, -0.25) is 0 Å². The lowest BCUT2D eigenvalue weighted by Gasteiger charge is -2.25. The first-order valence-corrected chi connectivity index (χ1v) is 9.56. The topological polar surface area (TPSA) is 65.1 Å². The van der Waals surface area contributed by atoms with Crippen molar-refractivity contribution in [3.8, 4) is 17.5 Å². The standard InChI is InChI=1S/C22H18F6N4O/c1-32(2)18(13-7-9-14(10-8-13)21(23,24)25)12-30-20-17(11-29)31-19(33-20)15-5-3-4-6-16(15)22(26,27)28/h3-10,18,30H,12H2,1-2H3/t18-/m1/s1. The zero-order valence-corrected chi connectivity index (χ0v) is 17.4. The molecule has 5 nitrogen and oxygen atoms in total. The van der Waals surface area contributed by atoms with Crippen LogP contribution in [0.25, 0.3) is 11.5 Å². The summed E-state index contributed by atoms with van der Waals surface area (Å²) in [5, 5.41) is 12.2. The molecule has 11 heteroatoms. The van der Waals surface area contributed by atoms with E-state index in [0.717, 1.165) is 18.2 Å². The number of aromatic nitrogens is 1. The number of oxazole rings is 1. The molecule has 1 heterocycles. The average Bonchev–Trinajstić information content (AvgIpc) is 3.16. The molecule has 1 aromatic heterocycles. The van der Waals surface area contributed by atoms with Gasteiger partial charge in [0.25, 0.3) is 0 Å². The Bertz CT molecular complexity index is 1140. The summed E-state index contributed by atoms with van der Waals surface area (Å²) in [6.07, 6.45) is -9.11. The van der Waals surface area contributed by atoms with Crippen LogP contribution in [0.5, 0.6) is 0 Å². The van der Waals surface area contributed by atoms with Gasteiger partial charge >= 0.3 is 12.4 Å². The molecule has 3 aromatic rings. The van der Waals surface area contributed by atoms with Crippen molar-refractivity contribution in [2.24, 2.45) is 0 Å². The minimum atomic E-state index is -4.65. The van der Waals surface area contributed by atoms with Gasteiger partial charge < -0.3 is 14.6 Å². The van der Waals surface area contributed by atoms with E-state index < -0.39 is 29.5 Å². The number of alkyl halides is 6. The Hall–Kier alpha value is -3.52. The molecule has 1 atom stereocenters. The predicted molar refractivity (Wildman–Crippen MR) is 108 cm³/mol. The number of anilines is 1. The van der Waals surface area contributed by atoms with Gasteiger partial charge in [0.05, 0.1) is 17.2 Å². The van der Waals surface area contributed by atoms with Gasteiger partial charge in [0.15, 0.2) is 0 Å². The zero-order chi connectivity index (χ0) is 24.4. The summed E-state index contributed by atoms with van der Waals surface area (Å²) in [5.41, 5.74) is -1.75. The smallest absolute Gasteiger partial charge is 0.417 e. The third-order valence-corrected chi connectivity index (χ3v) is 4.90. The Kier molecular flexibility index (Phi) is 6.69. The van der Waals surface area contributed by atoms with Crippen LogP contribution in [0.3, 0.4) is 0 Å². The summed E-state index contributed by atoms with van der Waals surface area (Å²) < 4.78 is 83.9. The van der Waals surface area contributed by atoms with Gasteiger partial charge in [-0.05, 0) is 43.9 Å². The molecule has 33 heavy (non-hydrogen) atoms. The highest BCUT2D eigenvalue weighted by molar-refractivity contribution is 5.63. The molecule has 0 saturated carbocycles. The Labute approximate surface area is 185 Å². The maximum absolute atomic E-state index is 13.3. The Morgan fingerprint density at radius 2 is 1.64 bits per heavy atom. The van der Waals surface area contributed by atoms with Crippen molar-refractivity contribution < 1.29 is 30.8 Å². The van der Waals surface area contributed by atoms with Gasteiger partial charge in [0.2, 0.25) is 17.5 Å². The number of likely N-dealkylation sites (N-methyl/N-ethyl adjacent to an activating group) is 1. The van der Waals surface area contributed by atoms with Crippen LogP contribution in [-0.4, -0.2) is 30.5 Å². The summed E-state index contributed by atoms with van der Waals surface area (Å²) >= 11 is 0. The third-order valence-electron chi connectivity index (χ3n) is 4.90. The lowest BCUT2D eigenvalue weighted by atomic mass is 10.0. The molecule has 1 N–H and O–H groups in total. The first-order valence-electron chi connectivity index (χ1n) is 9.56. The molecule has 0 spiro atoms. The zero-order valence-electron chi connectivity index (χ0n) is 17.4. The summed E-state index contributed by atoms with van der Waals surface area (Å²) in [6, 6.07) is 10.6. The van der Waals surface area contributed by atoms with Gasteiger partial charge in [-0.25, -0.2) is 0 Å². The van der Waals surface area contributed by atoms with Crippen LogP contribution in [0.15, 0.2) is 52.9 Å². The van der Waals surface area contributed by atoms with Gasteiger partial charge in [-0.2, -0.15) is 36.6 Å². The van der Waals surface area contributed by atoms with Crippen LogP contribution in [0.1, 0.15) is 28.4 Å². The maximum atomic E-state index is 13.3. The molecule has 0 saturated heterocycles. The van der Waals surface area contributed by atoms with Crippen LogP contribution in [0.2, 0.25) is 0 Å². The van der Waals surface area contributed by atoms with Gasteiger partial charge in [0, 0.05) is 12.1 Å². The van der Waals surface area contributed by atoms with E-state index in [1.165, 1.54) is 30.3 Å². The lowest BCUT2D eigenvalue weighted by molar-refractivity contribution is -0.138. The summed E-state index contributed by atoms with van der Waals surface area (Å²) in [7, 11) is 3.42. The van der Waals surface area contributed by atoms with Crippen LogP contribution < -0.4 is 5.32 Å². The van der Waals surface area contributed by atoms with E-state index in [-0.39, 0.29) is 29.6 Å². The largest absolute Gasteiger partial charge is 0.419 e. The van der Waals surface area contributed by atoms with Crippen molar-refractivity contribution >= 4 is 5.88 Å². The Morgan fingerprint density at radius 1 is 1.00 bits per heavy atom. The first kappa shape index (κ1) is 24.1. The third kappa shape index (κ3) is 5.46. The molecule has 0 amide bonds. The fourth-order valence-corrected chi connectivity index (χ4v) is 3.23. The normalized spacial score (nSPS) is 13.1. The van der Waals surface area contributed by atoms with Crippen molar-refractivity contribution in [3.63, 3.8) is 0 Å². The molecule has 0 fully saturated rings. The van der Waals surface area contributed by atoms with Crippen molar-refractivity contribution in [3.05, 3.63) is 70.9 Å². The second-order valence-corrected chi connectivity index (χ2v) is 7.33. The van der Waals surface area contributed by atoms with E-state index in [0.29, 0.717) is 5.56 Å². The number of hydrogen-bond acceptors (Lipinski definition) is 5. The summed E-state index contributed by atoms with van der Waals surface area (Å²) in [4.78, 5) is 5.61. The molecule has 0 unspecified atom stereocenters.